The number of hydrazone groups is 1. The summed E-state index contributed by atoms with van der Waals surface area (Å²) < 4.78 is 0. The van der Waals surface area contributed by atoms with Crippen LogP contribution < -0.4 is 21.0 Å². The molecule has 0 bridgehead atoms. The second-order valence-corrected chi connectivity index (χ2v) is 8.45. The molecule has 2 aromatic carbocycles. The number of nitrogens with zero attached hydrogens (tertiary/aromatic N) is 2. The van der Waals surface area contributed by atoms with Gasteiger partial charge in [-0.25, -0.2) is 5.43 Å². The average Bonchev–Trinajstić information content (AvgIpc) is 3.42. The number of halogens is 1. The summed E-state index contributed by atoms with van der Waals surface area (Å²) in [4.78, 5) is 54.5. The lowest BCUT2D eigenvalue weighted by molar-refractivity contribution is -0.124. The van der Waals surface area contributed by atoms with Crippen molar-refractivity contribution >= 4 is 57.7 Å². The molecule has 11 heteroatoms. The summed E-state index contributed by atoms with van der Waals surface area (Å²) in [5.41, 5.74) is 4.71. The van der Waals surface area contributed by atoms with E-state index in [0.29, 0.717) is 16.4 Å². The quantitative estimate of drug-likeness (QED) is 0.451. The third-order valence-corrected chi connectivity index (χ3v) is 5.87. The number of H-pyrrole nitrogens is 1. The summed E-state index contributed by atoms with van der Waals surface area (Å²) in [5.74, 6) is -1.49. The number of fused-ring (bicyclic) bond motifs is 2. The van der Waals surface area contributed by atoms with Crippen LogP contribution in [0.1, 0.15) is 22.5 Å². The fourth-order valence-electron chi connectivity index (χ4n) is 4.08. The fourth-order valence-corrected chi connectivity index (χ4v) is 4.26. The first kappa shape index (κ1) is 21.7. The number of carbonyl (C=O) groups excluding carboxylic acids is 4. The zero-order valence-corrected chi connectivity index (χ0v) is 18.5. The van der Waals surface area contributed by atoms with Crippen molar-refractivity contribution in [2.45, 2.75) is 18.9 Å². The lowest BCUT2D eigenvalue weighted by atomic mass is 9.97. The van der Waals surface area contributed by atoms with E-state index in [2.05, 4.69) is 26.1 Å². The fraction of sp³-hybridized carbons (Fsp3) is 0.174. The maximum absolute atomic E-state index is 13.3. The van der Waals surface area contributed by atoms with Gasteiger partial charge < -0.3 is 20.5 Å². The van der Waals surface area contributed by atoms with Crippen molar-refractivity contribution in [1.29, 1.82) is 0 Å². The molecule has 1 unspecified atom stereocenters. The van der Waals surface area contributed by atoms with Crippen LogP contribution in [0.3, 0.4) is 0 Å². The number of benzene rings is 2. The number of carbonyl (C=O) groups is 4. The van der Waals surface area contributed by atoms with Gasteiger partial charge in [-0.1, -0.05) is 29.8 Å². The molecule has 4 amide bonds. The second-order valence-electron chi connectivity index (χ2n) is 8.02. The van der Waals surface area contributed by atoms with E-state index in [1.54, 1.807) is 36.4 Å². The molecule has 0 aliphatic carbocycles. The monoisotopic (exact) mass is 478 g/mol. The van der Waals surface area contributed by atoms with Crippen LogP contribution >= 0.6 is 11.6 Å². The van der Waals surface area contributed by atoms with Crippen molar-refractivity contribution in [3.63, 3.8) is 0 Å². The molecule has 2 aliphatic rings. The zero-order chi connectivity index (χ0) is 23.8. The summed E-state index contributed by atoms with van der Waals surface area (Å²) in [6, 6.07) is 13.2. The summed E-state index contributed by atoms with van der Waals surface area (Å²) in [5, 5.41) is 10.4. The number of rotatable bonds is 4. The van der Waals surface area contributed by atoms with Gasteiger partial charge in [0, 0.05) is 28.0 Å². The third kappa shape index (κ3) is 4.23. The Labute approximate surface area is 198 Å². The number of nitrogens with one attached hydrogen (secondary N) is 4. The van der Waals surface area contributed by atoms with Gasteiger partial charge in [0.2, 0.25) is 17.7 Å². The van der Waals surface area contributed by atoms with Gasteiger partial charge in [0.05, 0.1) is 6.42 Å². The third-order valence-electron chi connectivity index (χ3n) is 5.63. The minimum Gasteiger partial charge on any atom is -0.351 e. The highest BCUT2D eigenvalue weighted by Gasteiger charge is 2.35. The van der Waals surface area contributed by atoms with Gasteiger partial charge in [0.15, 0.2) is 0 Å². The van der Waals surface area contributed by atoms with Gasteiger partial charge in [-0.2, -0.15) is 5.10 Å². The largest absolute Gasteiger partial charge is 0.351 e. The Hall–Kier alpha value is -4.18. The maximum Gasteiger partial charge on any atom is 0.268 e. The highest BCUT2D eigenvalue weighted by atomic mass is 35.5. The average molecular weight is 479 g/mol. The molecule has 4 N–H and O–H groups in total. The topological polar surface area (TPSA) is 136 Å². The summed E-state index contributed by atoms with van der Waals surface area (Å²) in [6.45, 7) is -0.291. The summed E-state index contributed by atoms with van der Waals surface area (Å²) in [6.07, 6.45) is 0.251. The first-order chi connectivity index (χ1) is 16.4. The number of aromatic nitrogens is 1. The zero-order valence-electron chi connectivity index (χ0n) is 17.7. The molecule has 172 valence electrons. The van der Waals surface area contributed by atoms with E-state index < -0.39 is 23.8 Å². The van der Waals surface area contributed by atoms with Crippen LogP contribution in [0.25, 0.3) is 10.9 Å². The van der Waals surface area contributed by atoms with Crippen LogP contribution in [-0.2, 0) is 20.8 Å². The Morgan fingerprint density at radius 3 is 2.76 bits per heavy atom. The van der Waals surface area contributed by atoms with Gasteiger partial charge in [-0.15, -0.1) is 0 Å². The van der Waals surface area contributed by atoms with E-state index in [9.17, 15) is 19.2 Å². The van der Waals surface area contributed by atoms with Gasteiger partial charge >= 0.3 is 0 Å². The van der Waals surface area contributed by atoms with E-state index in [1.807, 2.05) is 12.1 Å². The highest BCUT2D eigenvalue weighted by Crippen LogP contribution is 2.28. The first-order valence-electron chi connectivity index (χ1n) is 10.5. The number of hydrogen-bond acceptors (Lipinski definition) is 5. The van der Waals surface area contributed by atoms with Crippen molar-refractivity contribution in [2.75, 3.05) is 11.4 Å². The Kier molecular flexibility index (Phi) is 5.50. The summed E-state index contributed by atoms with van der Waals surface area (Å²) in [7, 11) is 0. The van der Waals surface area contributed by atoms with Crippen LogP contribution in [0, 0.1) is 0 Å². The minimum atomic E-state index is -0.864. The molecular formula is C23H19ClN6O4. The van der Waals surface area contributed by atoms with E-state index in [-0.39, 0.29) is 31.1 Å². The van der Waals surface area contributed by atoms with Crippen LogP contribution in [0.2, 0.25) is 5.02 Å². The van der Waals surface area contributed by atoms with E-state index in [1.165, 1.54) is 4.90 Å². The van der Waals surface area contributed by atoms with Crippen LogP contribution in [0.15, 0.2) is 53.6 Å². The number of hydrogen-bond donors (Lipinski definition) is 4. The second kappa shape index (κ2) is 8.64. The maximum atomic E-state index is 13.3. The molecule has 0 fully saturated rings. The number of aromatic amines is 1. The number of anilines is 1. The normalized spacial score (nSPS) is 17.3. The predicted octanol–water partition coefficient (Wildman–Crippen LogP) is 1.46. The Bertz CT molecular complexity index is 1380. The van der Waals surface area contributed by atoms with E-state index in [4.69, 9.17) is 11.6 Å². The number of amides is 4. The first-order valence-corrected chi connectivity index (χ1v) is 10.9. The molecule has 10 nitrogen and oxygen atoms in total. The molecule has 3 aromatic rings. The smallest absolute Gasteiger partial charge is 0.268 e. The van der Waals surface area contributed by atoms with Gasteiger partial charge in [-0.05, 0) is 35.9 Å². The van der Waals surface area contributed by atoms with E-state index >= 15 is 0 Å². The van der Waals surface area contributed by atoms with Gasteiger partial charge in [0.25, 0.3) is 5.91 Å². The van der Waals surface area contributed by atoms with Gasteiger partial charge in [-0.3, -0.25) is 19.2 Å². The Morgan fingerprint density at radius 2 is 1.97 bits per heavy atom. The lowest BCUT2D eigenvalue weighted by Gasteiger charge is -2.34. The lowest BCUT2D eigenvalue weighted by Crippen LogP contribution is -2.55. The summed E-state index contributed by atoms with van der Waals surface area (Å²) >= 11 is 6.02. The molecule has 5 rings (SSSR count). The molecule has 0 saturated heterocycles. The van der Waals surface area contributed by atoms with Crippen LogP contribution in [0.4, 0.5) is 5.69 Å². The van der Waals surface area contributed by atoms with E-state index in [0.717, 1.165) is 16.5 Å². The molecule has 1 atom stereocenters. The van der Waals surface area contributed by atoms with Crippen molar-refractivity contribution in [3.8, 4) is 0 Å². The molecule has 0 spiro atoms. The van der Waals surface area contributed by atoms with Crippen LogP contribution in [-0.4, -0.2) is 47.0 Å². The van der Waals surface area contributed by atoms with Gasteiger partial charge in [0.1, 0.15) is 24.1 Å². The Balaban J connectivity index is 1.34. The molecule has 0 saturated carbocycles. The molecule has 0 radical (unpaired) electrons. The number of amidine groups is 1. The van der Waals surface area contributed by atoms with Crippen LogP contribution in [0.5, 0.6) is 0 Å². The van der Waals surface area contributed by atoms with Crippen molar-refractivity contribution < 1.29 is 19.2 Å². The van der Waals surface area contributed by atoms with Crippen molar-refractivity contribution in [2.24, 2.45) is 5.10 Å². The molecule has 3 heterocycles. The highest BCUT2D eigenvalue weighted by molar-refractivity contribution is 6.31. The number of para-hydroxylation sites is 1. The van der Waals surface area contributed by atoms with Crippen molar-refractivity contribution in [3.05, 3.63) is 64.8 Å². The molecule has 34 heavy (non-hydrogen) atoms. The standard InChI is InChI=1S/C23H19ClN6O4/c24-14-5-6-15-13(7-14)9-16(25-15)22(33)26-17-8-12-3-1-2-4-18(12)30(23(17)34)11-21(32)27-19-10-20(31)29-28-19/h1-7,9,17,25H,8,10-11H2,(H,26,33)(H,29,31)(H,27,28,32). The molecular weight excluding hydrogens is 460 g/mol. The molecule has 1 aromatic heterocycles. The minimum absolute atomic E-state index is 0.0370. The van der Waals surface area contributed by atoms with Crippen molar-refractivity contribution in [1.82, 2.24) is 21.0 Å². The molecule has 2 aliphatic heterocycles. The predicted molar refractivity (Wildman–Crippen MR) is 125 cm³/mol. The SMILES string of the molecule is O=C1CC(NC(=O)CN2C(=O)C(NC(=O)c3cc4cc(Cl)ccc4[nH]3)Cc3ccccc32)=NN1. The Morgan fingerprint density at radius 1 is 1.15 bits per heavy atom.